The van der Waals surface area contributed by atoms with Crippen molar-refractivity contribution in [3.8, 4) is 5.75 Å². The van der Waals surface area contributed by atoms with Crippen LogP contribution in [0.1, 0.15) is 16.7 Å². The number of primary sulfonamides is 1. The summed E-state index contributed by atoms with van der Waals surface area (Å²) in [5, 5.41) is 10.5. The maximum atomic E-state index is 11.8. The smallest absolute Gasteiger partial charge is 0.314 e. The first-order valence-electron chi connectivity index (χ1n) is 8.59. The third kappa shape index (κ3) is 6.92. The number of nitrogens with two attached hydrogens (primary N) is 1. The van der Waals surface area contributed by atoms with Crippen molar-refractivity contribution in [2.24, 2.45) is 5.14 Å². The van der Waals surface area contributed by atoms with Crippen LogP contribution in [0, 0.1) is 13.8 Å². The summed E-state index contributed by atoms with van der Waals surface area (Å²) >= 11 is 0. The largest absolute Gasteiger partial charge is 0.491 e. The molecule has 0 bridgehead atoms. The Morgan fingerprint density at radius 1 is 1.04 bits per heavy atom. The summed E-state index contributed by atoms with van der Waals surface area (Å²) in [6.45, 7) is 5.18. The van der Waals surface area contributed by atoms with E-state index in [1.807, 2.05) is 32.0 Å². The number of benzene rings is 2. The van der Waals surface area contributed by atoms with Gasteiger partial charge in [0.1, 0.15) is 12.4 Å². The first-order chi connectivity index (χ1) is 12.8. The number of carbonyl (C=O) groups excluding carboxylic acids is 1. The van der Waals surface area contributed by atoms with Gasteiger partial charge in [-0.2, -0.15) is 0 Å². The predicted octanol–water partition coefficient (Wildman–Crippen LogP) is 1.87. The lowest BCUT2D eigenvalue weighted by Crippen LogP contribution is -2.38. The third-order valence-electron chi connectivity index (χ3n) is 3.94. The molecule has 4 N–H and O–H groups in total. The molecule has 0 atom stereocenters. The summed E-state index contributed by atoms with van der Waals surface area (Å²) in [7, 11) is -3.68. The molecule has 2 aromatic carbocycles. The van der Waals surface area contributed by atoms with Crippen molar-refractivity contribution in [2.45, 2.75) is 25.2 Å². The molecule has 146 valence electrons. The van der Waals surface area contributed by atoms with Crippen molar-refractivity contribution < 1.29 is 17.9 Å². The quantitative estimate of drug-likeness (QED) is 0.597. The number of nitrogens with one attached hydrogen (secondary N) is 2. The van der Waals surface area contributed by atoms with Crippen LogP contribution in [0.5, 0.6) is 5.75 Å². The maximum Gasteiger partial charge on any atom is 0.314 e. The molecule has 0 unspecified atom stereocenters. The summed E-state index contributed by atoms with van der Waals surface area (Å²) in [5.74, 6) is 0.820. The zero-order valence-electron chi connectivity index (χ0n) is 15.5. The van der Waals surface area contributed by atoms with E-state index >= 15 is 0 Å². The lowest BCUT2D eigenvalue weighted by molar-refractivity contribution is 0.236. The molecule has 0 aliphatic carbocycles. The monoisotopic (exact) mass is 391 g/mol. The standard InChI is InChI=1S/C19H25N3O4S/c1-14-3-4-15(2)18(13-14)26-12-11-22-19(23)21-10-9-16-5-7-17(8-6-16)27(20,24)25/h3-8,13H,9-12H2,1-2H3,(H2,20,24,25)(H2,21,22,23). The van der Waals surface area contributed by atoms with Gasteiger partial charge in [-0.25, -0.2) is 18.4 Å². The van der Waals surface area contributed by atoms with Crippen molar-refractivity contribution in [1.29, 1.82) is 0 Å². The molecule has 0 saturated heterocycles. The summed E-state index contributed by atoms with van der Waals surface area (Å²) in [6.07, 6.45) is 0.581. The SMILES string of the molecule is Cc1ccc(C)c(OCCNC(=O)NCCc2ccc(S(N)(=O)=O)cc2)c1. The topological polar surface area (TPSA) is 111 Å². The molecule has 0 radical (unpaired) electrons. The van der Waals surface area contributed by atoms with E-state index in [-0.39, 0.29) is 10.9 Å². The van der Waals surface area contributed by atoms with Gasteiger partial charge in [-0.15, -0.1) is 0 Å². The minimum absolute atomic E-state index is 0.0702. The van der Waals surface area contributed by atoms with Crippen LogP contribution in [-0.4, -0.2) is 34.1 Å². The van der Waals surface area contributed by atoms with Gasteiger partial charge in [0.25, 0.3) is 0 Å². The second-order valence-electron chi connectivity index (χ2n) is 6.24. The van der Waals surface area contributed by atoms with Crippen molar-refractivity contribution in [1.82, 2.24) is 10.6 Å². The molecule has 0 aliphatic rings. The number of urea groups is 1. The number of amides is 2. The Labute approximate surface area is 160 Å². The molecule has 0 saturated carbocycles. The second-order valence-corrected chi connectivity index (χ2v) is 7.80. The Morgan fingerprint density at radius 3 is 2.37 bits per heavy atom. The van der Waals surface area contributed by atoms with Gasteiger partial charge < -0.3 is 15.4 Å². The molecular formula is C19H25N3O4S. The number of sulfonamides is 1. The van der Waals surface area contributed by atoms with Gasteiger partial charge in [0.15, 0.2) is 0 Å². The fraction of sp³-hybridized carbons (Fsp3) is 0.316. The van der Waals surface area contributed by atoms with E-state index in [0.29, 0.717) is 26.1 Å². The zero-order chi connectivity index (χ0) is 19.9. The zero-order valence-corrected chi connectivity index (χ0v) is 16.3. The van der Waals surface area contributed by atoms with Crippen LogP contribution >= 0.6 is 0 Å². The van der Waals surface area contributed by atoms with E-state index in [9.17, 15) is 13.2 Å². The van der Waals surface area contributed by atoms with E-state index < -0.39 is 10.0 Å². The Morgan fingerprint density at radius 2 is 1.70 bits per heavy atom. The summed E-state index contributed by atoms with van der Waals surface area (Å²) < 4.78 is 28.1. The number of ether oxygens (including phenoxy) is 1. The number of hydrogen-bond donors (Lipinski definition) is 3. The van der Waals surface area contributed by atoms with Crippen LogP contribution in [-0.2, 0) is 16.4 Å². The molecule has 0 aromatic heterocycles. The molecule has 2 aromatic rings. The van der Waals surface area contributed by atoms with Crippen LogP contribution in [0.25, 0.3) is 0 Å². The molecule has 0 spiro atoms. The van der Waals surface area contributed by atoms with Gasteiger partial charge in [0.05, 0.1) is 11.4 Å². The molecule has 7 nitrogen and oxygen atoms in total. The van der Waals surface area contributed by atoms with E-state index in [1.165, 1.54) is 12.1 Å². The van der Waals surface area contributed by atoms with Crippen molar-refractivity contribution in [3.63, 3.8) is 0 Å². The lowest BCUT2D eigenvalue weighted by Gasteiger charge is -2.11. The second kappa shape index (κ2) is 9.38. The highest BCUT2D eigenvalue weighted by molar-refractivity contribution is 7.89. The minimum Gasteiger partial charge on any atom is -0.491 e. The molecule has 2 amide bonds. The van der Waals surface area contributed by atoms with Crippen LogP contribution in [0.3, 0.4) is 0 Å². The highest BCUT2D eigenvalue weighted by atomic mass is 32.2. The van der Waals surface area contributed by atoms with E-state index in [1.54, 1.807) is 12.1 Å². The van der Waals surface area contributed by atoms with Crippen molar-refractivity contribution in [3.05, 3.63) is 59.2 Å². The maximum absolute atomic E-state index is 11.8. The Bertz CT molecular complexity index is 880. The summed E-state index contributed by atoms with van der Waals surface area (Å²) in [6, 6.07) is 12.0. The van der Waals surface area contributed by atoms with Gasteiger partial charge in [-0.1, -0.05) is 24.3 Å². The molecule has 27 heavy (non-hydrogen) atoms. The Balaban J connectivity index is 1.65. The lowest BCUT2D eigenvalue weighted by atomic mass is 10.1. The average Bonchev–Trinajstić information content (AvgIpc) is 2.61. The van der Waals surface area contributed by atoms with Gasteiger partial charge >= 0.3 is 6.03 Å². The Hall–Kier alpha value is -2.58. The third-order valence-corrected chi connectivity index (χ3v) is 4.87. The first kappa shape index (κ1) is 20.7. The van der Waals surface area contributed by atoms with E-state index in [0.717, 1.165) is 22.4 Å². The highest BCUT2D eigenvalue weighted by Gasteiger charge is 2.07. The van der Waals surface area contributed by atoms with Crippen LogP contribution in [0.4, 0.5) is 4.79 Å². The number of hydrogen-bond acceptors (Lipinski definition) is 4. The van der Waals surface area contributed by atoms with Gasteiger partial charge in [0, 0.05) is 6.54 Å². The predicted molar refractivity (Wildman–Crippen MR) is 104 cm³/mol. The summed E-state index contributed by atoms with van der Waals surface area (Å²) in [4.78, 5) is 11.8. The Kier molecular flexibility index (Phi) is 7.20. The van der Waals surface area contributed by atoms with Gasteiger partial charge in [-0.05, 0) is 55.2 Å². The molecule has 2 rings (SSSR count). The van der Waals surface area contributed by atoms with Crippen molar-refractivity contribution >= 4 is 16.1 Å². The normalized spacial score (nSPS) is 11.1. The molecular weight excluding hydrogens is 366 g/mol. The van der Waals surface area contributed by atoms with E-state index in [2.05, 4.69) is 10.6 Å². The van der Waals surface area contributed by atoms with Crippen molar-refractivity contribution in [2.75, 3.05) is 19.7 Å². The fourth-order valence-electron chi connectivity index (χ4n) is 2.42. The van der Waals surface area contributed by atoms with E-state index in [4.69, 9.17) is 9.88 Å². The highest BCUT2D eigenvalue weighted by Crippen LogP contribution is 2.18. The van der Waals surface area contributed by atoms with Gasteiger partial charge in [-0.3, -0.25) is 0 Å². The molecule has 0 aliphatic heterocycles. The average molecular weight is 391 g/mol. The first-order valence-corrected chi connectivity index (χ1v) is 10.1. The van der Waals surface area contributed by atoms with Crippen LogP contribution < -0.4 is 20.5 Å². The minimum atomic E-state index is -3.68. The summed E-state index contributed by atoms with van der Waals surface area (Å²) in [5.41, 5.74) is 3.08. The van der Waals surface area contributed by atoms with Crippen LogP contribution in [0.15, 0.2) is 47.4 Å². The van der Waals surface area contributed by atoms with Crippen LogP contribution in [0.2, 0.25) is 0 Å². The molecule has 0 heterocycles. The molecule has 8 heteroatoms. The fourth-order valence-corrected chi connectivity index (χ4v) is 2.93. The molecule has 0 fully saturated rings. The number of carbonyl (C=O) groups is 1. The number of aryl methyl sites for hydroxylation is 2. The number of rotatable bonds is 8. The van der Waals surface area contributed by atoms with Gasteiger partial charge in [0.2, 0.25) is 10.0 Å².